The van der Waals surface area contributed by atoms with Crippen molar-refractivity contribution < 1.29 is 9.18 Å². The predicted octanol–water partition coefficient (Wildman–Crippen LogP) is 4.64. The SMILES string of the molecule is O=C(Nc1ccc(-c2c(-c3ccc(F)cc3)nc3cnccn23)cc1)Nc1ncccn1. The van der Waals surface area contributed by atoms with Crippen LogP contribution in [0, 0.1) is 5.82 Å². The summed E-state index contributed by atoms with van der Waals surface area (Å²) in [7, 11) is 0. The van der Waals surface area contributed by atoms with E-state index in [9.17, 15) is 9.18 Å². The molecule has 5 aromatic rings. The van der Waals surface area contributed by atoms with Crippen LogP contribution in [0.15, 0.2) is 85.6 Å². The molecule has 32 heavy (non-hydrogen) atoms. The van der Waals surface area contributed by atoms with Crippen LogP contribution in [0.3, 0.4) is 0 Å². The Morgan fingerprint density at radius 2 is 1.59 bits per heavy atom. The van der Waals surface area contributed by atoms with Crippen molar-refractivity contribution in [3.05, 3.63) is 91.4 Å². The van der Waals surface area contributed by atoms with Gasteiger partial charge in [0.15, 0.2) is 5.65 Å². The number of hydrogen-bond acceptors (Lipinski definition) is 5. The minimum Gasteiger partial charge on any atom is -0.308 e. The number of halogens is 1. The smallest absolute Gasteiger partial charge is 0.308 e. The van der Waals surface area contributed by atoms with Crippen LogP contribution in [-0.2, 0) is 0 Å². The maximum absolute atomic E-state index is 13.4. The van der Waals surface area contributed by atoms with Crippen molar-refractivity contribution in [1.29, 1.82) is 0 Å². The van der Waals surface area contributed by atoms with Gasteiger partial charge in [0, 0.05) is 41.6 Å². The van der Waals surface area contributed by atoms with Gasteiger partial charge in [-0.05, 0) is 42.5 Å². The molecule has 0 saturated heterocycles. The standard InChI is InChI=1S/C23H16FN7O/c24-17-6-2-15(3-7-17)20-21(31-13-12-25-14-19(31)29-20)16-4-8-18(9-5-16)28-23(32)30-22-26-10-1-11-27-22/h1-14H,(H2,26,27,28,30,32). The van der Waals surface area contributed by atoms with Crippen molar-refractivity contribution in [2.75, 3.05) is 10.6 Å². The number of nitrogens with one attached hydrogen (secondary N) is 2. The monoisotopic (exact) mass is 425 g/mol. The Morgan fingerprint density at radius 3 is 2.34 bits per heavy atom. The van der Waals surface area contributed by atoms with Crippen molar-refractivity contribution in [3.63, 3.8) is 0 Å². The van der Waals surface area contributed by atoms with Crippen LogP contribution in [-0.4, -0.2) is 30.4 Å². The van der Waals surface area contributed by atoms with E-state index >= 15 is 0 Å². The molecule has 0 saturated carbocycles. The van der Waals surface area contributed by atoms with E-state index in [1.807, 2.05) is 22.7 Å². The van der Waals surface area contributed by atoms with E-state index in [4.69, 9.17) is 4.98 Å². The first kappa shape index (κ1) is 19.3. The molecule has 3 aromatic heterocycles. The van der Waals surface area contributed by atoms with Gasteiger partial charge in [-0.25, -0.2) is 24.1 Å². The largest absolute Gasteiger partial charge is 0.326 e. The van der Waals surface area contributed by atoms with Crippen molar-refractivity contribution in [3.8, 4) is 22.5 Å². The van der Waals surface area contributed by atoms with Gasteiger partial charge in [0.25, 0.3) is 0 Å². The zero-order valence-electron chi connectivity index (χ0n) is 16.6. The van der Waals surface area contributed by atoms with Crippen molar-refractivity contribution >= 4 is 23.3 Å². The van der Waals surface area contributed by atoms with Gasteiger partial charge in [0.05, 0.1) is 17.6 Å². The molecule has 0 radical (unpaired) electrons. The molecule has 0 aliphatic rings. The zero-order chi connectivity index (χ0) is 21.9. The van der Waals surface area contributed by atoms with Gasteiger partial charge >= 0.3 is 6.03 Å². The van der Waals surface area contributed by atoms with E-state index in [1.54, 1.807) is 55.1 Å². The summed E-state index contributed by atoms with van der Waals surface area (Å²) >= 11 is 0. The molecule has 0 atom stereocenters. The maximum atomic E-state index is 13.4. The van der Waals surface area contributed by atoms with Crippen LogP contribution < -0.4 is 10.6 Å². The third-order valence-electron chi connectivity index (χ3n) is 4.76. The summed E-state index contributed by atoms with van der Waals surface area (Å²) in [4.78, 5) is 28.9. The fourth-order valence-corrected chi connectivity index (χ4v) is 3.33. The van der Waals surface area contributed by atoms with Crippen LogP contribution in [0.4, 0.5) is 20.8 Å². The normalized spacial score (nSPS) is 10.8. The Kier molecular flexibility index (Phi) is 4.97. The lowest BCUT2D eigenvalue weighted by atomic mass is 10.0. The number of carbonyl (C=O) groups excluding carboxylic acids is 1. The molecule has 2 amide bonds. The van der Waals surface area contributed by atoms with Gasteiger partial charge in [0.2, 0.25) is 5.95 Å². The zero-order valence-corrected chi connectivity index (χ0v) is 16.6. The molecular formula is C23H16FN7O. The van der Waals surface area contributed by atoms with E-state index in [-0.39, 0.29) is 11.8 Å². The molecule has 2 aromatic carbocycles. The van der Waals surface area contributed by atoms with Gasteiger partial charge in [-0.3, -0.25) is 14.7 Å². The number of urea groups is 1. The average Bonchev–Trinajstić information content (AvgIpc) is 3.20. The highest BCUT2D eigenvalue weighted by Crippen LogP contribution is 2.33. The molecule has 0 bridgehead atoms. The van der Waals surface area contributed by atoms with Crippen LogP contribution in [0.5, 0.6) is 0 Å². The average molecular weight is 425 g/mol. The van der Waals surface area contributed by atoms with E-state index in [0.717, 1.165) is 16.8 Å². The maximum Gasteiger partial charge on any atom is 0.326 e. The molecule has 5 rings (SSSR count). The van der Waals surface area contributed by atoms with Gasteiger partial charge in [-0.2, -0.15) is 0 Å². The van der Waals surface area contributed by atoms with Crippen molar-refractivity contribution in [2.24, 2.45) is 0 Å². The highest BCUT2D eigenvalue weighted by molar-refractivity contribution is 5.98. The quantitative estimate of drug-likeness (QED) is 0.437. The third kappa shape index (κ3) is 3.86. The first-order valence-corrected chi connectivity index (χ1v) is 9.71. The molecule has 9 heteroatoms. The van der Waals surface area contributed by atoms with Gasteiger partial charge in [-0.1, -0.05) is 12.1 Å². The molecule has 0 spiro atoms. The second-order valence-electron chi connectivity index (χ2n) is 6.85. The number of fused-ring (bicyclic) bond motifs is 1. The molecule has 8 nitrogen and oxygen atoms in total. The summed E-state index contributed by atoms with van der Waals surface area (Å²) in [5.74, 6) is -0.0970. The summed E-state index contributed by atoms with van der Waals surface area (Å²) in [5, 5.41) is 5.32. The van der Waals surface area contributed by atoms with Crippen molar-refractivity contribution in [1.82, 2.24) is 24.3 Å². The minimum atomic E-state index is -0.447. The molecule has 3 heterocycles. The van der Waals surface area contributed by atoms with E-state index in [1.165, 1.54) is 12.1 Å². The topological polar surface area (TPSA) is 97.1 Å². The number of rotatable bonds is 4. The Labute approximate surface area is 181 Å². The minimum absolute atomic E-state index is 0.213. The number of anilines is 2. The summed E-state index contributed by atoms with van der Waals surface area (Å²) in [6.45, 7) is 0. The molecule has 0 unspecified atom stereocenters. The Hall–Kier alpha value is -4.66. The summed E-state index contributed by atoms with van der Waals surface area (Å²) in [6.07, 6.45) is 8.26. The Balaban J connectivity index is 1.46. The lowest BCUT2D eigenvalue weighted by Gasteiger charge is -2.09. The van der Waals surface area contributed by atoms with Crippen LogP contribution in [0.2, 0.25) is 0 Å². The lowest BCUT2D eigenvalue weighted by molar-refractivity contribution is 0.262. The Morgan fingerprint density at radius 1 is 0.875 bits per heavy atom. The molecule has 0 aliphatic heterocycles. The second kappa shape index (κ2) is 8.23. The number of nitrogens with zero attached hydrogens (tertiary/aromatic N) is 5. The molecule has 0 fully saturated rings. The highest BCUT2D eigenvalue weighted by atomic mass is 19.1. The van der Waals surface area contributed by atoms with Gasteiger partial charge < -0.3 is 5.32 Å². The number of amides is 2. The molecule has 0 aliphatic carbocycles. The first-order valence-electron chi connectivity index (χ1n) is 9.71. The number of aromatic nitrogens is 5. The fourth-order valence-electron chi connectivity index (χ4n) is 3.33. The van der Waals surface area contributed by atoms with Crippen molar-refractivity contribution in [2.45, 2.75) is 0 Å². The van der Waals surface area contributed by atoms with Crippen LogP contribution in [0.1, 0.15) is 0 Å². The summed E-state index contributed by atoms with van der Waals surface area (Å²) < 4.78 is 15.4. The Bertz CT molecular complexity index is 1380. The van der Waals surface area contributed by atoms with Crippen LogP contribution in [0.25, 0.3) is 28.2 Å². The predicted molar refractivity (Wildman–Crippen MR) is 118 cm³/mol. The first-order chi connectivity index (χ1) is 15.7. The van der Waals surface area contributed by atoms with Crippen LogP contribution >= 0.6 is 0 Å². The van der Waals surface area contributed by atoms with Gasteiger partial charge in [0.1, 0.15) is 5.82 Å². The van der Waals surface area contributed by atoms with E-state index in [0.29, 0.717) is 17.0 Å². The van der Waals surface area contributed by atoms with E-state index < -0.39 is 6.03 Å². The number of hydrogen-bond donors (Lipinski definition) is 2. The fraction of sp³-hybridized carbons (Fsp3) is 0. The highest BCUT2D eigenvalue weighted by Gasteiger charge is 2.16. The molecular weight excluding hydrogens is 409 g/mol. The lowest BCUT2D eigenvalue weighted by Crippen LogP contribution is -2.20. The molecule has 156 valence electrons. The third-order valence-corrected chi connectivity index (χ3v) is 4.76. The number of carbonyl (C=O) groups is 1. The van der Waals surface area contributed by atoms with E-state index in [2.05, 4.69) is 25.6 Å². The van der Waals surface area contributed by atoms with Gasteiger partial charge in [-0.15, -0.1) is 0 Å². The number of imidazole rings is 1. The number of benzene rings is 2. The second-order valence-corrected chi connectivity index (χ2v) is 6.85. The molecule has 2 N–H and O–H groups in total. The summed E-state index contributed by atoms with van der Waals surface area (Å²) in [5.41, 5.74) is 4.47. The summed E-state index contributed by atoms with van der Waals surface area (Å²) in [6, 6.07) is 14.8.